The maximum absolute atomic E-state index is 12.0. The Morgan fingerprint density at radius 2 is 1.88 bits per heavy atom. The van der Waals surface area contributed by atoms with Gasteiger partial charge in [0.15, 0.2) is 0 Å². The van der Waals surface area contributed by atoms with Crippen molar-refractivity contribution in [2.45, 2.75) is 25.0 Å². The normalized spacial score (nSPS) is 18.5. The molecule has 134 valence electrons. The van der Waals surface area contributed by atoms with Crippen LogP contribution in [-0.4, -0.2) is 40.5 Å². The van der Waals surface area contributed by atoms with E-state index >= 15 is 0 Å². The molecule has 8 nitrogen and oxygen atoms in total. The van der Waals surface area contributed by atoms with Crippen LogP contribution in [0.5, 0.6) is 5.88 Å². The van der Waals surface area contributed by atoms with Gasteiger partial charge in [-0.1, -0.05) is 30.3 Å². The molecule has 4 rings (SSSR count). The summed E-state index contributed by atoms with van der Waals surface area (Å²) in [6.45, 7) is 1.60. The average molecular weight is 353 g/mol. The van der Waals surface area contributed by atoms with Gasteiger partial charge in [-0.25, -0.2) is 9.78 Å². The van der Waals surface area contributed by atoms with Gasteiger partial charge in [-0.2, -0.15) is 4.98 Å². The molecule has 2 aliphatic rings. The van der Waals surface area contributed by atoms with Crippen LogP contribution >= 0.6 is 0 Å². The number of nitrogens with zero attached hydrogens (tertiary/aromatic N) is 3. The number of imide groups is 1. The lowest BCUT2D eigenvalue weighted by Gasteiger charge is -2.36. The molecule has 8 heteroatoms. The van der Waals surface area contributed by atoms with Gasteiger partial charge in [-0.3, -0.25) is 10.1 Å². The second-order valence-electron chi connectivity index (χ2n) is 6.45. The highest BCUT2D eigenvalue weighted by molar-refractivity contribution is 6.07. The van der Waals surface area contributed by atoms with Crippen molar-refractivity contribution in [3.8, 4) is 5.88 Å². The zero-order valence-corrected chi connectivity index (χ0v) is 14.1. The second kappa shape index (κ2) is 6.62. The molecule has 2 aromatic rings. The van der Waals surface area contributed by atoms with Crippen LogP contribution in [0, 0.1) is 0 Å². The summed E-state index contributed by atoms with van der Waals surface area (Å²) in [5.41, 5.74) is 0.269. The van der Waals surface area contributed by atoms with Crippen LogP contribution in [0.4, 0.5) is 10.7 Å². The quantitative estimate of drug-likeness (QED) is 0.803. The van der Waals surface area contributed by atoms with E-state index in [4.69, 9.17) is 4.74 Å². The van der Waals surface area contributed by atoms with E-state index in [1.807, 2.05) is 35.2 Å². The van der Waals surface area contributed by atoms with Crippen molar-refractivity contribution < 1.29 is 14.3 Å². The first-order chi connectivity index (χ1) is 12.6. The van der Waals surface area contributed by atoms with E-state index in [-0.39, 0.29) is 5.91 Å². The molecule has 3 amide bonds. The van der Waals surface area contributed by atoms with Crippen LogP contribution in [0.25, 0.3) is 0 Å². The van der Waals surface area contributed by atoms with E-state index in [1.54, 1.807) is 12.3 Å². The summed E-state index contributed by atoms with van der Waals surface area (Å²) in [5, 5.41) is 5.06. The summed E-state index contributed by atoms with van der Waals surface area (Å²) in [6.07, 6.45) is 2.70. The SMILES string of the molecule is O=C1NC(=O)C2(CCN(c3nccc(OCc4ccccc4)n3)CC2)N1. The van der Waals surface area contributed by atoms with Gasteiger partial charge in [0.05, 0.1) is 0 Å². The Kier molecular flexibility index (Phi) is 4.16. The Balaban J connectivity index is 1.40. The second-order valence-corrected chi connectivity index (χ2v) is 6.45. The van der Waals surface area contributed by atoms with Gasteiger partial charge in [0.25, 0.3) is 5.91 Å². The molecular weight excluding hydrogens is 334 g/mol. The summed E-state index contributed by atoms with van der Waals surface area (Å²) >= 11 is 0. The number of amides is 3. The smallest absolute Gasteiger partial charge is 0.322 e. The molecule has 0 atom stereocenters. The number of carbonyl (C=O) groups is 2. The van der Waals surface area contributed by atoms with Gasteiger partial charge in [-0.05, 0) is 18.4 Å². The zero-order chi connectivity index (χ0) is 18.0. The molecule has 0 saturated carbocycles. The number of anilines is 1. The van der Waals surface area contributed by atoms with Crippen LogP contribution in [0.1, 0.15) is 18.4 Å². The van der Waals surface area contributed by atoms with Crippen molar-refractivity contribution in [3.05, 3.63) is 48.2 Å². The average Bonchev–Trinajstić information content (AvgIpc) is 2.94. The first kappa shape index (κ1) is 16.3. The maximum Gasteiger partial charge on any atom is 0.322 e. The topological polar surface area (TPSA) is 96.5 Å². The molecule has 1 aromatic carbocycles. The van der Waals surface area contributed by atoms with Crippen molar-refractivity contribution in [1.29, 1.82) is 0 Å². The van der Waals surface area contributed by atoms with E-state index < -0.39 is 11.6 Å². The molecule has 0 bridgehead atoms. The fourth-order valence-corrected chi connectivity index (χ4v) is 3.27. The van der Waals surface area contributed by atoms with E-state index in [0.29, 0.717) is 44.4 Å². The number of piperidine rings is 1. The first-order valence-electron chi connectivity index (χ1n) is 8.53. The lowest BCUT2D eigenvalue weighted by atomic mass is 9.88. The molecule has 0 aliphatic carbocycles. The van der Waals surface area contributed by atoms with Gasteiger partial charge >= 0.3 is 6.03 Å². The number of aromatic nitrogens is 2. The summed E-state index contributed by atoms with van der Waals surface area (Å²) in [7, 11) is 0. The standard InChI is InChI=1S/C18H19N5O3/c24-15-18(22-17(25)21-15)7-10-23(11-8-18)16-19-9-6-14(20-16)26-12-13-4-2-1-3-5-13/h1-6,9H,7-8,10-12H2,(H2,21,22,24,25). The number of carbonyl (C=O) groups excluding carboxylic acids is 2. The van der Waals surface area contributed by atoms with Crippen molar-refractivity contribution in [3.63, 3.8) is 0 Å². The largest absolute Gasteiger partial charge is 0.473 e. The highest BCUT2D eigenvalue weighted by Crippen LogP contribution is 2.27. The Labute approximate surface area is 150 Å². The van der Waals surface area contributed by atoms with Crippen LogP contribution in [0.15, 0.2) is 42.6 Å². The van der Waals surface area contributed by atoms with Crippen LogP contribution in [0.2, 0.25) is 0 Å². The van der Waals surface area contributed by atoms with Gasteiger partial charge in [0.1, 0.15) is 12.1 Å². The molecule has 2 aliphatic heterocycles. The predicted molar refractivity (Wildman–Crippen MR) is 93.7 cm³/mol. The van der Waals surface area contributed by atoms with Gasteiger partial charge in [0.2, 0.25) is 11.8 Å². The van der Waals surface area contributed by atoms with E-state index in [9.17, 15) is 9.59 Å². The third-order valence-corrected chi connectivity index (χ3v) is 4.76. The summed E-state index contributed by atoms with van der Waals surface area (Å²) in [5.74, 6) is 0.823. The number of ether oxygens (including phenoxy) is 1. The van der Waals surface area contributed by atoms with Crippen molar-refractivity contribution >= 4 is 17.9 Å². The highest BCUT2D eigenvalue weighted by Gasteiger charge is 2.48. The summed E-state index contributed by atoms with van der Waals surface area (Å²) in [6, 6.07) is 11.2. The summed E-state index contributed by atoms with van der Waals surface area (Å²) in [4.78, 5) is 34.2. The molecule has 0 unspecified atom stereocenters. The minimum absolute atomic E-state index is 0.247. The molecule has 2 saturated heterocycles. The monoisotopic (exact) mass is 353 g/mol. The minimum atomic E-state index is -0.797. The number of urea groups is 1. The van der Waals surface area contributed by atoms with Gasteiger partial charge < -0.3 is 15.0 Å². The zero-order valence-electron chi connectivity index (χ0n) is 14.1. The van der Waals surface area contributed by atoms with Crippen molar-refractivity contribution in [1.82, 2.24) is 20.6 Å². The number of hydrogen-bond donors (Lipinski definition) is 2. The predicted octanol–water partition coefficient (Wildman–Crippen LogP) is 1.23. The lowest BCUT2D eigenvalue weighted by molar-refractivity contribution is -0.124. The van der Waals surface area contributed by atoms with Crippen molar-refractivity contribution in [2.24, 2.45) is 0 Å². The van der Waals surface area contributed by atoms with Crippen molar-refractivity contribution in [2.75, 3.05) is 18.0 Å². The minimum Gasteiger partial charge on any atom is -0.473 e. The third kappa shape index (κ3) is 3.17. The van der Waals surface area contributed by atoms with Crippen LogP contribution in [-0.2, 0) is 11.4 Å². The molecular formula is C18H19N5O3. The fourth-order valence-electron chi connectivity index (χ4n) is 3.27. The molecule has 0 radical (unpaired) electrons. The Hall–Kier alpha value is -3.16. The number of nitrogens with one attached hydrogen (secondary N) is 2. The Bertz CT molecular complexity index is 819. The number of benzene rings is 1. The van der Waals surface area contributed by atoms with E-state index in [2.05, 4.69) is 20.6 Å². The van der Waals surface area contributed by atoms with E-state index in [1.165, 1.54) is 0 Å². The van der Waals surface area contributed by atoms with Crippen LogP contribution in [0.3, 0.4) is 0 Å². The van der Waals surface area contributed by atoms with Gasteiger partial charge in [0, 0.05) is 25.4 Å². The molecule has 2 fully saturated rings. The molecule has 2 N–H and O–H groups in total. The first-order valence-corrected chi connectivity index (χ1v) is 8.53. The molecule has 3 heterocycles. The lowest BCUT2D eigenvalue weighted by Crippen LogP contribution is -2.55. The highest BCUT2D eigenvalue weighted by atomic mass is 16.5. The molecule has 26 heavy (non-hydrogen) atoms. The Morgan fingerprint density at radius 1 is 1.12 bits per heavy atom. The molecule has 1 spiro atoms. The third-order valence-electron chi connectivity index (χ3n) is 4.76. The number of hydrogen-bond acceptors (Lipinski definition) is 6. The maximum atomic E-state index is 12.0. The Morgan fingerprint density at radius 3 is 2.58 bits per heavy atom. The van der Waals surface area contributed by atoms with Crippen LogP contribution < -0.4 is 20.3 Å². The summed E-state index contributed by atoms with van der Waals surface area (Å²) < 4.78 is 5.75. The fraction of sp³-hybridized carbons (Fsp3) is 0.333. The van der Waals surface area contributed by atoms with Gasteiger partial charge in [-0.15, -0.1) is 0 Å². The van der Waals surface area contributed by atoms with E-state index in [0.717, 1.165) is 5.56 Å². The molecule has 1 aromatic heterocycles. The number of rotatable bonds is 4.